The van der Waals surface area contributed by atoms with Crippen molar-refractivity contribution in [2.75, 3.05) is 20.1 Å². The molecule has 98 valence electrons. The Kier molecular flexibility index (Phi) is 3.76. The van der Waals surface area contributed by atoms with Gasteiger partial charge in [-0.1, -0.05) is 6.92 Å². The maximum atomic E-state index is 11.6. The maximum Gasteiger partial charge on any atom is 0.310 e. The molecule has 3 heteroatoms. The molecule has 0 aromatic rings. The number of carboxylic acid groups (broad SMARTS) is 1. The third-order valence-corrected chi connectivity index (χ3v) is 4.52. The van der Waals surface area contributed by atoms with Crippen molar-refractivity contribution < 1.29 is 9.90 Å². The minimum absolute atomic E-state index is 0.462. The van der Waals surface area contributed by atoms with Gasteiger partial charge in [0, 0.05) is 13.1 Å². The normalized spacial score (nSPS) is 33.9. The van der Waals surface area contributed by atoms with E-state index >= 15 is 0 Å². The summed E-state index contributed by atoms with van der Waals surface area (Å²) in [5, 5.41) is 9.55. The van der Waals surface area contributed by atoms with Gasteiger partial charge in [-0.05, 0) is 57.4 Å². The van der Waals surface area contributed by atoms with Gasteiger partial charge in [0.05, 0.1) is 5.41 Å². The van der Waals surface area contributed by atoms with Crippen LogP contribution in [0, 0.1) is 17.3 Å². The first-order valence-electron chi connectivity index (χ1n) is 6.94. The highest BCUT2D eigenvalue weighted by molar-refractivity contribution is 5.75. The van der Waals surface area contributed by atoms with Crippen LogP contribution in [0.5, 0.6) is 0 Å². The van der Waals surface area contributed by atoms with Crippen molar-refractivity contribution in [1.29, 1.82) is 0 Å². The number of aliphatic carboxylic acids is 1. The van der Waals surface area contributed by atoms with Crippen LogP contribution in [0.3, 0.4) is 0 Å². The van der Waals surface area contributed by atoms with Crippen LogP contribution in [-0.4, -0.2) is 36.1 Å². The highest BCUT2D eigenvalue weighted by Gasteiger charge is 2.42. The van der Waals surface area contributed by atoms with Gasteiger partial charge in [-0.15, -0.1) is 0 Å². The second kappa shape index (κ2) is 4.97. The molecule has 0 amide bonds. The number of hydrogen-bond acceptors (Lipinski definition) is 2. The molecular formula is C14H25NO2. The lowest BCUT2D eigenvalue weighted by molar-refractivity contribution is -0.153. The Hall–Kier alpha value is -0.570. The Morgan fingerprint density at radius 2 is 1.88 bits per heavy atom. The summed E-state index contributed by atoms with van der Waals surface area (Å²) in [6.45, 7) is 4.07. The van der Waals surface area contributed by atoms with Gasteiger partial charge in [-0.25, -0.2) is 0 Å². The van der Waals surface area contributed by atoms with Crippen molar-refractivity contribution in [3.05, 3.63) is 0 Å². The molecule has 2 fully saturated rings. The summed E-state index contributed by atoms with van der Waals surface area (Å²) in [4.78, 5) is 13.8. The first-order chi connectivity index (χ1) is 8.02. The molecule has 0 heterocycles. The van der Waals surface area contributed by atoms with Crippen LogP contribution in [0.4, 0.5) is 0 Å². The van der Waals surface area contributed by atoms with E-state index in [0.717, 1.165) is 44.7 Å². The molecule has 0 bridgehead atoms. The van der Waals surface area contributed by atoms with Crippen LogP contribution >= 0.6 is 0 Å². The monoisotopic (exact) mass is 239 g/mol. The summed E-state index contributed by atoms with van der Waals surface area (Å²) < 4.78 is 0. The van der Waals surface area contributed by atoms with Gasteiger partial charge in [0.15, 0.2) is 0 Å². The van der Waals surface area contributed by atoms with Crippen LogP contribution in [0.15, 0.2) is 0 Å². The number of rotatable bonds is 5. The van der Waals surface area contributed by atoms with Crippen molar-refractivity contribution in [2.24, 2.45) is 17.3 Å². The standard InChI is InChI=1S/C14H25NO2/c1-11-5-7-14(8-6-11,13(16)17)10-15(2)9-12-3-4-12/h11-12H,3-10H2,1-2H3,(H,16,17). The van der Waals surface area contributed by atoms with Gasteiger partial charge in [0.25, 0.3) is 0 Å². The lowest BCUT2D eigenvalue weighted by Crippen LogP contribution is -2.44. The first-order valence-corrected chi connectivity index (χ1v) is 6.94. The van der Waals surface area contributed by atoms with E-state index in [2.05, 4.69) is 18.9 Å². The van der Waals surface area contributed by atoms with E-state index in [1.54, 1.807) is 0 Å². The zero-order chi connectivity index (χ0) is 12.5. The molecule has 0 saturated heterocycles. The van der Waals surface area contributed by atoms with Gasteiger partial charge < -0.3 is 10.0 Å². The van der Waals surface area contributed by atoms with Crippen molar-refractivity contribution >= 4 is 5.97 Å². The summed E-state index contributed by atoms with van der Waals surface area (Å²) in [7, 11) is 2.08. The van der Waals surface area contributed by atoms with E-state index in [9.17, 15) is 9.90 Å². The molecule has 17 heavy (non-hydrogen) atoms. The summed E-state index contributed by atoms with van der Waals surface area (Å²) in [5.74, 6) is 0.969. The number of carboxylic acids is 1. The molecule has 0 unspecified atom stereocenters. The van der Waals surface area contributed by atoms with Crippen molar-refractivity contribution in [3.63, 3.8) is 0 Å². The zero-order valence-corrected chi connectivity index (χ0v) is 11.1. The van der Waals surface area contributed by atoms with Crippen molar-refractivity contribution in [1.82, 2.24) is 4.90 Å². The largest absolute Gasteiger partial charge is 0.481 e. The van der Waals surface area contributed by atoms with E-state index in [0.29, 0.717) is 5.92 Å². The van der Waals surface area contributed by atoms with Crippen LogP contribution < -0.4 is 0 Å². The summed E-state index contributed by atoms with van der Waals surface area (Å²) in [6, 6.07) is 0. The second-order valence-electron chi connectivity index (χ2n) is 6.41. The Balaban J connectivity index is 1.93. The van der Waals surface area contributed by atoms with E-state index in [1.165, 1.54) is 12.8 Å². The lowest BCUT2D eigenvalue weighted by atomic mass is 9.70. The average molecular weight is 239 g/mol. The van der Waals surface area contributed by atoms with Crippen LogP contribution in [-0.2, 0) is 4.79 Å². The van der Waals surface area contributed by atoms with Crippen molar-refractivity contribution in [2.45, 2.75) is 45.4 Å². The second-order valence-corrected chi connectivity index (χ2v) is 6.41. The number of hydrogen-bond donors (Lipinski definition) is 1. The fraction of sp³-hybridized carbons (Fsp3) is 0.929. The third-order valence-electron chi connectivity index (χ3n) is 4.52. The molecule has 1 N–H and O–H groups in total. The smallest absolute Gasteiger partial charge is 0.310 e. The van der Waals surface area contributed by atoms with Gasteiger partial charge in [-0.3, -0.25) is 4.79 Å². The molecule has 0 aromatic carbocycles. The topological polar surface area (TPSA) is 40.5 Å². The van der Waals surface area contributed by atoms with Gasteiger partial charge in [-0.2, -0.15) is 0 Å². The average Bonchev–Trinajstić information content (AvgIpc) is 3.05. The molecule has 0 spiro atoms. The van der Waals surface area contributed by atoms with E-state index in [-0.39, 0.29) is 0 Å². The predicted octanol–water partition coefficient (Wildman–Crippen LogP) is 2.61. The summed E-state index contributed by atoms with van der Waals surface area (Å²) in [5.41, 5.74) is -0.462. The zero-order valence-electron chi connectivity index (χ0n) is 11.1. The van der Waals surface area contributed by atoms with Gasteiger partial charge in [0.2, 0.25) is 0 Å². The molecule has 0 radical (unpaired) electrons. The molecule has 0 aliphatic heterocycles. The molecule has 3 nitrogen and oxygen atoms in total. The Morgan fingerprint density at radius 3 is 2.35 bits per heavy atom. The SMILES string of the molecule is CC1CCC(CN(C)CC2CC2)(C(=O)O)CC1. The Bertz CT molecular complexity index is 278. The molecule has 2 aliphatic rings. The predicted molar refractivity (Wildman–Crippen MR) is 67.9 cm³/mol. The quantitative estimate of drug-likeness (QED) is 0.801. The first kappa shape index (κ1) is 12.9. The lowest BCUT2D eigenvalue weighted by Gasteiger charge is -2.38. The minimum Gasteiger partial charge on any atom is -0.481 e. The molecule has 0 atom stereocenters. The summed E-state index contributed by atoms with van der Waals surface area (Å²) >= 11 is 0. The highest BCUT2D eigenvalue weighted by Crippen LogP contribution is 2.40. The molecule has 2 rings (SSSR count). The van der Waals surface area contributed by atoms with Crippen LogP contribution in [0.1, 0.15) is 45.4 Å². The molecule has 0 aromatic heterocycles. The molecular weight excluding hydrogens is 214 g/mol. The fourth-order valence-corrected chi connectivity index (χ4v) is 3.08. The summed E-state index contributed by atoms with van der Waals surface area (Å²) in [6.07, 6.45) is 6.53. The van der Waals surface area contributed by atoms with Gasteiger partial charge in [0.1, 0.15) is 0 Å². The maximum absolute atomic E-state index is 11.6. The van der Waals surface area contributed by atoms with Gasteiger partial charge >= 0.3 is 5.97 Å². The fourth-order valence-electron chi connectivity index (χ4n) is 3.08. The van der Waals surface area contributed by atoms with Crippen LogP contribution in [0.2, 0.25) is 0 Å². The highest BCUT2D eigenvalue weighted by atomic mass is 16.4. The number of nitrogens with zero attached hydrogens (tertiary/aromatic N) is 1. The van der Waals surface area contributed by atoms with Crippen molar-refractivity contribution in [3.8, 4) is 0 Å². The van der Waals surface area contributed by atoms with Crippen LogP contribution in [0.25, 0.3) is 0 Å². The van der Waals surface area contributed by atoms with E-state index in [1.807, 2.05) is 0 Å². The minimum atomic E-state index is -0.577. The Labute approximate surface area is 104 Å². The Morgan fingerprint density at radius 1 is 1.29 bits per heavy atom. The molecule has 2 saturated carbocycles. The van der Waals surface area contributed by atoms with E-state index in [4.69, 9.17) is 0 Å². The van der Waals surface area contributed by atoms with E-state index < -0.39 is 11.4 Å². The third kappa shape index (κ3) is 3.21. The number of carbonyl (C=O) groups is 1. The molecule has 2 aliphatic carbocycles.